The van der Waals surface area contributed by atoms with E-state index in [1.165, 1.54) is 24.3 Å². The Kier molecular flexibility index (Phi) is 4.15. The van der Waals surface area contributed by atoms with E-state index in [2.05, 4.69) is 0 Å². The molecule has 0 aliphatic carbocycles. The van der Waals surface area contributed by atoms with Gasteiger partial charge in [-0.25, -0.2) is 9.59 Å². The maximum atomic E-state index is 12.0. The summed E-state index contributed by atoms with van der Waals surface area (Å²) < 4.78 is 5.34. The first-order valence-electron chi connectivity index (χ1n) is 6.25. The van der Waals surface area contributed by atoms with Crippen LogP contribution in [0.15, 0.2) is 48.5 Å². The topological polar surface area (TPSA) is 63.6 Å². The van der Waals surface area contributed by atoms with Gasteiger partial charge >= 0.3 is 11.9 Å². The van der Waals surface area contributed by atoms with Crippen LogP contribution in [0.4, 0.5) is 0 Å². The number of benzene rings is 2. The Morgan fingerprint density at radius 2 is 1.60 bits per heavy atom. The van der Waals surface area contributed by atoms with Gasteiger partial charge in [0, 0.05) is 0 Å². The number of hydrogen-bond donors (Lipinski definition) is 1. The quantitative estimate of drug-likeness (QED) is 0.684. The predicted octanol–water partition coefficient (Wildman–Crippen LogP) is 3.17. The fourth-order valence-corrected chi connectivity index (χ4v) is 1.80. The number of esters is 1. The van der Waals surface area contributed by atoms with Crippen LogP contribution in [-0.2, 0) is 6.42 Å². The van der Waals surface area contributed by atoms with Crippen molar-refractivity contribution in [3.8, 4) is 5.75 Å². The van der Waals surface area contributed by atoms with Crippen LogP contribution in [0, 0.1) is 0 Å². The molecule has 20 heavy (non-hydrogen) atoms. The second-order valence-corrected chi connectivity index (χ2v) is 4.23. The van der Waals surface area contributed by atoms with Crippen molar-refractivity contribution in [1.29, 1.82) is 0 Å². The van der Waals surface area contributed by atoms with Crippen molar-refractivity contribution in [3.63, 3.8) is 0 Å². The number of carboxylic acid groups (broad SMARTS) is 1. The maximum absolute atomic E-state index is 12.0. The van der Waals surface area contributed by atoms with E-state index in [1.807, 2.05) is 19.1 Å². The number of carboxylic acids is 1. The highest BCUT2D eigenvalue weighted by Gasteiger charge is 2.11. The predicted molar refractivity (Wildman–Crippen MR) is 74.2 cm³/mol. The van der Waals surface area contributed by atoms with Crippen LogP contribution in [0.1, 0.15) is 33.2 Å². The maximum Gasteiger partial charge on any atom is 0.343 e. The van der Waals surface area contributed by atoms with Crippen molar-refractivity contribution in [1.82, 2.24) is 0 Å². The molecule has 0 aliphatic rings. The van der Waals surface area contributed by atoms with Crippen molar-refractivity contribution in [2.24, 2.45) is 0 Å². The first-order chi connectivity index (χ1) is 9.61. The molecule has 0 saturated heterocycles. The Labute approximate surface area is 116 Å². The summed E-state index contributed by atoms with van der Waals surface area (Å²) in [7, 11) is 0. The smallest absolute Gasteiger partial charge is 0.343 e. The number of para-hydroxylation sites is 1. The number of rotatable bonds is 4. The third-order valence-electron chi connectivity index (χ3n) is 2.92. The highest BCUT2D eigenvalue weighted by molar-refractivity contribution is 5.93. The minimum absolute atomic E-state index is 0.135. The molecule has 2 aromatic rings. The average Bonchev–Trinajstić information content (AvgIpc) is 2.48. The largest absolute Gasteiger partial charge is 0.478 e. The van der Waals surface area contributed by atoms with Gasteiger partial charge in [-0.15, -0.1) is 0 Å². The van der Waals surface area contributed by atoms with Gasteiger partial charge in [0.05, 0.1) is 11.1 Å². The number of carbonyl (C=O) groups excluding carboxylic acids is 1. The van der Waals surface area contributed by atoms with Crippen molar-refractivity contribution in [3.05, 3.63) is 65.2 Å². The van der Waals surface area contributed by atoms with Crippen LogP contribution >= 0.6 is 0 Å². The second kappa shape index (κ2) is 6.02. The lowest BCUT2D eigenvalue weighted by molar-refractivity contribution is 0.0691. The van der Waals surface area contributed by atoms with Crippen LogP contribution in [0.25, 0.3) is 0 Å². The first-order valence-corrected chi connectivity index (χ1v) is 6.25. The SMILES string of the molecule is CCc1ccccc1OC(=O)c1ccc(C(=O)O)cc1. The molecule has 0 spiro atoms. The Morgan fingerprint density at radius 3 is 2.20 bits per heavy atom. The molecule has 102 valence electrons. The van der Waals surface area contributed by atoms with Gasteiger partial charge < -0.3 is 9.84 Å². The number of aromatic carboxylic acids is 1. The summed E-state index contributed by atoms with van der Waals surface area (Å²) in [4.78, 5) is 22.7. The molecule has 0 heterocycles. The molecule has 0 aromatic heterocycles. The van der Waals surface area contributed by atoms with Crippen molar-refractivity contribution >= 4 is 11.9 Å². The standard InChI is InChI=1S/C16H14O4/c1-2-11-5-3-4-6-14(11)20-16(19)13-9-7-12(8-10-13)15(17)18/h3-10H,2H2,1H3,(H,17,18). The molecular formula is C16H14O4. The molecule has 0 atom stereocenters. The average molecular weight is 270 g/mol. The normalized spacial score (nSPS) is 10.1. The zero-order valence-electron chi connectivity index (χ0n) is 11.0. The number of aryl methyl sites for hydroxylation is 1. The summed E-state index contributed by atoms with van der Waals surface area (Å²) >= 11 is 0. The van der Waals surface area contributed by atoms with Gasteiger partial charge in [-0.1, -0.05) is 25.1 Å². The van der Waals surface area contributed by atoms with Crippen molar-refractivity contribution < 1.29 is 19.4 Å². The van der Waals surface area contributed by atoms with Gasteiger partial charge in [0.15, 0.2) is 0 Å². The van der Waals surface area contributed by atoms with E-state index < -0.39 is 11.9 Å². The zero-order valence-corrected chi connectivity index (χ0v) is 11.0. The Bertz CT molecular complexity index is 629. The molecule has 0 amide bonds. The van der Waals surface area contributed by atoms with E-state index in [0.29, 0.717) is 11.3 Å². The summed E-state index contributed by atoms with van der Waals surface area (Å²) in [6.45, 7) is 1.98. The molecule has 1 N–H and O–H groups in total. The number of carbonyl (C=O) groups is 2. The summed E-state index contributed by atoms with van der Waals surface area (Å²) in [5.74, 6) is -0.994. The van der Waals surface area contributed by atoms with Gasteiger partial charge in [-0.2, -0.15) is 0 Å². The van der Waals surface area contributed by atoms with Gasteiger partial charge in [-0.3, -0.25) is 0 Å². The summed E-state index contributed by atoms with van der Waals surface area (Å²) in [5.41, 5.74) is 1.40. The highest BCUT2D eigenvalue weighted by Crippen LogP contribution is 2.19. The lowest BCUT2D eigenvalue weighted by Gasteiger charge is -2.08. The minimum atomic E-state index is -1.03. The molecule has 4 heteroatoms. The highest BCUT2D eigenvalue weighted by atomic mass is 16.5. The summed E-state index contributed by atoms with van der Waals surface area (Å²) in [6.07, 6.45) is 0.765. The molecule has 2 rings (SSSR count). The van der Waals surface area contributed by atoms with Crippen LogP contribution in [0.5, 0.6) is 5.75 Å². The molecule has 0 aliphatic heterocycles. The molecule has 0 unspecified atom stereocenters. The molecule has 0 saturated carbocycles. The van der Waals surface area contributed by atoms with Crippen LogP contribution in [-0.4, -0.2) is 17.0 Å². The van der Waals surface area contributed by atoms with Gasteiger partial charge in [0.2, 0.25) is 0 Å². The van der Waals surface area contributed by atoms with Crippen LogP contribution in [0.2, 0.25) is 0 Å². The van der Waals surface area contributed by atoms with Crippen molar-refractivity contribution in [2.45, 2.75) is 13.3 Å². The fourth-order valence-electron chi connectivity index (χ4n) is 1.80. The van der Waals surface area contributed by atoms with E-state index in [-0.39, 0.29) is 5.56 Å². The molecule has 0 radical (unpaired) electrons. The van der Waals surface area contributed by atoms with E-state index in [9.17, 15) is 9.59 Å². The van der Waals surface area contributed by atoms with Gasteiger partial charge in [0.25, 0.3) is 0 Å². The Hall–Kier alpha value is -2.62. The first kappa shape index (κ1) is 13.8. The summed E-state index contributed by atoms with van der Waals surface area (Å²) in [6, 6.07) is 13.0. The van der Waals surface area contributed by atoms with E-state index in [4.69, 9.17) is 9.84 Å². The molecule has 0 fully saturated rings. The van der Waals surface area contributed by atoms with Crippen LogP contribution < -0.4 is 4.74 Å². The Morgan fingerprint density at radius 1 is 1.00 bits per heavy atom. The summed E-state index contributed by atoms with van der Waals surface area (Å²) in [5, 5.41) is 8.80. The zero-order chi connectivity index (χ0) is 14.5. The molecule has 4 nitrogen and oxygen atoms in total. The van der Waals surface area contributed by atoms with Crippen LogP contribution in [0.3, 0.4) is 0 Å². The molecular weight excluding hydrogens is 256 g/mol. The second-order valence-electron chi connectivity index (χ2n) is 4.23. The third kappa shape index (κ3) is 3.03. The number of hydrogen-bond acceptors (Lipinski definition) is 3. The van der Waals surface area contributed by atoms with E-state index in [0.717, 1.165) is 12.0 Å². The monoisotopic (exact) mass is 270 g/mol. The van der Waals surface area contributed by atoms with E-state index in [1.54, 1.807) is 12.1 Å². The lowest BCUT2D eigenvalue weighted by atomic mass is 10.1. The third-order valence-corrected chi connectivity index (χ3v) is 2.92. The molecule has 0 bridgehead atoms. The minimum Gasteiger partial charge on any atom is -0.478 e. The van der Waals surface area contributed by atoms with Crippen molar-refractivity contribution in [2.75, 3.05) is 0 Å². The number of ether oxygens (including phenoxy) is 1. The molecule has 2 aromatic carbocycles. The fraction of sp³-hybridized carbons (Fsp3) is 0.125. The van der Waals surface area contributed by atoms with Gasteiger partial charge in [0.1, 0.15) is 5.75 Å². The lowest BCUT2D eigenvalue weighted by Crippen LogP contribution is -2.10. The van der Waals surface area contributed by atoms with E-state index >= 15 is 0 Å². The Balaban J connectivity index is 2.17. The van der Waals surface area contributed by atoms with Gasteiger partial charge in [-0.05, 0) is 42.3 Å².